The Morgan fingerprint density at radius 3 is 2.24 bits per heavy atom. The molecule has 0 fully saturated rings. The highest BCUT2D eigenvalue weighted by molar-refractivity contribution is 7.98. The minimum atomic E-state index is -0.495. The molecule has 0 bridgehead atoms. The molecular weight excluding hydrogens is 438 g/mol. The van der Waals surface area contributed by atoms with Crippen molar-refractivity contribution in [3.05, 3.63) is 82.7 Å². The van der Waals surface area contributed by atoms with Gasteiger partial charge in [0.2, 0.25) is 0 Å². The highest BCUT2D eigenvalue weighted by atomic mass is 32.2. The zero-order chi connectivity index (χ0) is 23.6. The molecule has 0 aliphatic heterocycles. The number of hydrogen-bond donors (Lipinski definition) is 2. The third-order valence-electron chi connectivity index (χ3n) is 4.44. The molecule has 33 heavy (non-hydrogen) atoms. The molecule has 9 heteroatoms. The maximum atomic E-state index is 12.3. The van der Waals surface area contributed by atoms with Crippen LogP contribution in [0.5, 0.6) is 5.75 Å². The molecule has 2 N–H and O–H groups in total. The average Bonchev–Trinajstić information content (AvgIpc) is 2.81. The van der Waals surface area contributed by atoms with Crippen LogP contribution in [0.25, 0.3) is 0 Å². The van der Waals surface area contributed by atoms with E-state index in [0.717, 1.165) is 27.7 Å². The van der Waals surface area contributed by atoms with Gasteiger partial charge < -0.3 is 4.74 Å². The third kappa shape index (κ3) is 7.63. The van der Waals surface area contributed by atoms with E-state index in [1.165, 1.54) is 11.8 Å². The molecule has 8 nitrogen and oxygen atoms in total. The molecule has 0 aliphatic rings. The van der Waals surface area contributed by atoms with Crippen LogP contribution >= 0.6 is 11.8 Å². The molecule has 2 amide bonds. The van der Waals surface area contributed by atoms with Gasteiger partial charge in [0.15, 0.2) is 11.8 Å². The van der Waals surface area contributed by atoms with E-state index in [-0.39, 0.29) is 6.61 Å². The first-order valence-electron chi connectivity index (χ1n) is 10.1. The molecular formula is C24H23N5O3S. The number of thioether (sulfide) groups is 1. The molecule has 0 spiro atoms. The van der Waals surface area contributed by atoms with E-state index in [9.17, 15) is 9.59 Å². The zero-order valence-corrected chi connectivity index (χ0v) is 19.1. The Balaban J connectivity index is 1.42. The summed E-state index contributed by atoms with van der Waals surface area (Å²) in [6.07, 6.45) is 0.313. The van der Waals surface area contributed by atoms with Gasteiger partial charge in [0.25, 0.3) is 11.8 Å². The van der Waals surface area contributed by atoms with Crippen molar-refractivity contribution in [2.45, 2.75) is 31.2 Å². The van der Waals surface area contributed by atoms with Crippen molar-refractivity contribution in [2.24, 2.45) is 0 Å². The first-order valence-corrected chi connectivity index (χ1v) is 11.1. The van der Waals surface area contributed by atoms with E-state index < -0.39 is 11.8 Å². The Morgan fingerprint density at radius 1 is 0.970 bits per heavy atom. The molecule has 0 saturated heterocycles. The summed E-state index contributed by atoms with van der Waals surface area (Å²) in [4.78, 5) is 33.0. The van der Waals surface area contributed by atoms with E-state index in [1.807, 2.05) is 32.0 Å². The second kappa shape index (κ2) is 11.6. The lowest BCUT2D eigenvalue weighted by Crippen LogP contribution is -2.43. The summed E-state index contributed by atoms with van der Waals surface area (Å²) < 4.78 is 5.37. The fraction of sp³-hybridized carbons (Fsp3) is 0.208. The quantitative estimate of drug-likeness (QED) is 0.300. The van der Waals surface area contributed by atoms with Crippen molar-refractivity contribution in [3.63, 3.8) is 0 Å². The van der Waals surface area contributed by atoms with Crippen LogP contribution in [0.4, 0.5) is 0 Å². The highest BCUT2D eigenvalue weighted by Gasteiger charge is 2.09. The number of benzene rings is 2. The lowest BCUT2D eigenvalue weighted by molar-refractivity contribution is -0.123. The number of aryl methyl sites for hydroxylation is 2. The van der Waals surface area contributed by atoms with Crippen molar-refractivity contribution in [2.75, 3.05) is 6.61 Å². The minimum Gasteiger partial charge on any atom is -0.484 e. The molecule has 1 heterocycles. The van der Waals surface area contributed by atoms with Crippen LogP contribution in [0.3, 0.4) is 0 Å². The Kier molecular flexibility index (Phi) is 8.38. The predicted octanol–water partition coefficient (Wildman–Crippen LogP) is 3.29. The smallest absolute Gasteiger partial charge is 0.276 e. The summed E-state index contributed by atoms with van der Waals surface area (Å²) in [6, 6.07) is 18.0. The monoisotopic (exact) mass is 461 g/mol. The average molecular weight is 462 g/mol. The number of amides is 2. The molecule has 2 aromatic carbocycles. The second-order valence-corrected chi connectivity index (χ2v) is 8.13. The van der Waals surface area contributed by atoms with Crippen molar-refractivity contribution >= 4 is 23.6 Å². The summed E-state index contributed by atoms with van der Waals surface area (Å²) in [5.74, 6) is 0.251. The molecule has 0 atom stereocenters. The molecule has 3 aromatic rings. The van der Waals surface area contributed by atoms with Gasteiger partial charge in [-0.25, -0.2) is 9.97 Å². The Morgan fingerprint density at radius 2 is 1.61 bits per heavy atom. The van der Waals surface area contributed by atoms with E-state index in [1.54, 1.807) is 36.4 Å². The fourth-order valence-corrected chi connectivity index (χ4v) is 3.74. The number of carbonyl (C=O) groups is 2. The lowest BCUT2D eigenvalue weighted by Gasteiger charge is -2.09. The van der Waals surface area contributed by atoms with Gasteiger partial charge in [-0.3, -0.25) is 20.4 Å². The van der Waals surface area contributed by atoms with Gasteiger partial charge in [0, 0.05) is 22.7 Å². The van der Waals surface area contributed by atoms with Gasteiger partial charge in [0.05, 0.1) is 12.5 Å². The number of hydrazine groups is 1. The van der Waals surface area contributed by atoms with Crippen molar-refractivity contribution in [3.8, 4) is 11.8 Å². The van der Waals surface area contributed by atoms with Crippen molar-refractivity contribution < 1.29 is 14.3 Å². The highest BCUT2D eigenvalue weighted by Crippen LogP contribution is 2.20. The molecule has 0 radical (unpaired) electrons. The molecule has 1 aromatic heterocycles. The van der Waals surface area contributed by atoms with Gasteiger partial charge in [-0.15, -0.1) is 0 Å². The predicted molar refractivity (Wildman–Crippen MR) is 124 cm³/mol. The van der Waals surface area contributed by atoms with Crippen molar-refractivity contribution in [1.29, 1.82) is 5.26 Å². The molecule has 0 saturated carbocycles. The van der Waals surface area contributed by atoms with E-state index in [4.69, 9.17) is 10.00 Å². The fourth-order valence-electron chi connectivity index (χ4n) is 2.84. The zero-order valence-electron chi connectivity index (χ0n) is 18.3. The third-order valence-corrected chi connectivity index (χ3v) is 5.36. The molecule has 0 unspecified atom stereocenters. The topological polar surface area (TPSA) is 117 Å². The summed E-state index contributed by atoms with van der Waals surface area (Å²) in [6.45, 7) is 3.62. The van der Waals surface area contributed by atoms with Gasteiger partial charge in [0.1, 0.15) is 5.75 Å². The Bertz CT molecular complexity index is 1140. The number of aromatic nitrogens is 2. The van der Waals surface area contributed by atoms with Crippen LogP contribution in [-0.2, 0) is 17.0 Å². The van der Waals surface area contributed by atoms with Crippen LogP contribution in [0, 0.1) is 25.2 Å². The number of carbonyl (C=O) groups excluding carboxylic acids is 2. The normalized spacial score (nSPS) is 10.2. The van der Waals surface area contributed by atoms with Gasteiger partial charge >= 0.3 is 0 Å². The maximum absolute atomic E-state index is 12.3. The van der Waals surface area contributed by atoms with Crippen LogP contribution in [0.15, 0.2) is 59.8 Å². The number of ether oxygens (including phenoxy) is 1. The van der Waals surface area contributed by atoms with Gasteiger partial charge in [-0.2, -0.15) is 5.26 Å². The molecule has 0 aliphatic carbocycles. The number of nitrogens with one attached hydrogen (secondary N) is 2. The Hall–Kier alpha value is -3.90. The van der Waals surface area contributed by atoms with E-state index in [0.29, 0.717) is 23.5 Å². The van der Waals surface area contributed by atoms with E-state index in [2.05, 4.69) is 26.9 Å². The molecule has 168 valence electrons. The van der Waals surface area contributed by atoms with Crippen LogP contribution < -0.4 is 15.6 Å². The van der Waals surface area contributed by atoms with E-state index >= 15 is 0 Å². The summed E-state index contributed by atoms with van der Waals surface area (Å²) in [5.41, 5.74) is 8.86. The summed E-state index contributed by atoms with van der Waals surface area (Å²) in [7, 11) is 0. The second-order valence-electron chi connectivity index (χ2n) is 7.19. The summed E-state index contributed by atoms with van der Waals surface area (Å²) in [5, 5.41) is 9.39. The number of hydrogen-bond acceptors (Lipinski definition) is 7. The standard InChI is InChI=1S/C24H23N5O3S/c1-16-13-17(2)27-24(26-16)33-15-19-3-7-20(8-4-19)23(31)29-28-22(30)14-32-21-9-5-18(6-10-21)11-12-25/h3-10,13H,11,14-15H2,1-2H3,(H,28,30)(H,29,31). The number of rotatable bonds is 8. The van der Waals surface area contributed by atoms with Gasteiger partial charge in [-0.1, -0.05) is 36.0 Å². The van der Waals surface area contributed by atoms with Crippen LogP contribution in [0.2, 0.25) is 0 Å². The number of nitriles is 1. The first kappa shape index (κ1) is 23.8. The SMILES string of the molecule is Cc1cc(C)nc(SCc2ccc(C(=O)NNC(=O)COc3ccc(CC#N)cc3)cc2)n1. The maximum Gasteiger partial charge on any atom is 0.276 e. The Labute approximate surface area is 196 Å². The van der Waals surface area contributed by atoms with Crippen LogP contribution in [-0.4, -0.2) is 28.4 Å². The first-order chi connectivity index (χ1) is 15.9. The van der Waals surface area contributed by atoms with Crippen molar-refractivity contribution in [1.82, 2.24) is 20.8 Å². The lowest BCUT2D eigenvalue weighted by atomic mass is 10.1. The minimum absolute atomic E-state index is 0.255. The van der Waals surface area contributed by atoms with Gasteiger partial charge in [-0.05, 0) is 55.3 Å². The van der Waals surface area contributed by atoms with Crippen LogP contribution in [0.1, 0.15) is 32.9 Å². The largest absolute Gasteiger partial charge is 0.484 e. The molecule has 3 rings (SSSR count). The summed E-state index contributed by atoms with van der Waals surface area (Å²) >= 11 is 1.53. The number of nitrogens with zero attached hydrogens (tertiary/aromatic N) is 3.